The summed E-state index contributed by atoms with van der Waals surface area (Å²) in [6, 6.07) is 10.5. The molecule has 3 aliphatic carbocycles. The van der Waals surface area contributed by atoms with E-state index in [1.54, 1.807) is 4.90 Å². The van der Waals surface area contributed by atoms with Crippen LogP contribution < -0.4 is 5.73 Å². The van der Waals surface area contributed by atoms with Gasteiger partial charge >= 0.3 is 6.09 Å². The molecule has 2 N–H and O–H groups in total. The highest BCUT2D eigenvalue weighted by molar-refractivity contribution is 5.71. The number of rotatable bonds is 2. The fourth-order valence-electron chi connectivity index (χ4n) is 4.94. The van der Waals surface area contributed by atoms with Crippen LogP contribution in [0.5, 0.6) is 0 Å². The molecule has 1 amide bonds. The Morgan fingerprint density at radius 3 is 2.56 bits per heavy atom. The van der Waals surface area contributed by atoms with Crippen LogP contribution in [0, 0.1) is 11.6 Å². The highest BCUT2D eigenvalue weighted by Crippen LogP contribution is 2.61. The number of ether oxygens (including phenoxy) is 1. The second kappa shape index (κ2) is 5.52. The zero-order chi connectivity index (χ0) is 18.8. The minimum absolute atomic E-state index is 0.169. The number of nitrogens with two attached hydrogens (primary N) is 1. The molecular formula is C21H20F2N2O2. The van der Waals surface area contributed by atoms with Gasteiger partial charge in [-0.25, -0.2) is 13.6 Å². The van der Waals surface area contributed by atoms with Gasteiger partial charge in [0.1, 0.15) is 17.2 Å². The van der Waals surface area contributed by atoms with Gasteiger partial charge in [0.25, 0.3) is 0 Å². The molecule has 140 valence electrons. The Labute approximate surface area is 155 Å². The lowest BCUT2D eigenvalue weighted by molar-refractivity contribution is -0.210. The molecule has 0 radical (unpaired) electrons. The molecule has 4 nitrogen and oxygen atoms in total. The van der Waals surface area contributed by atoms with Crippen LogP contribution in [-0.2, 0) is 11.2 Å². The summed E-state index contributed by atoms with van der Waals surface area (Å²) in [6.45, 7) is 0.418. The van der Waals surface area contributed by atoms with Crippen molar-refractivity contribution < 1.29 is 18.3 Å². The number of nitrogens with zero attached hydrogens (tertiary/aromatic N) is 1. The van der Waals surface area contributed by atoms with Crippen molar-refractivity contribution in [2.24, 2.45) is 5.73 Å². The van der Waals surface area contributed by atoms with Crippen LogP contribution in [0.4, 0.5) is 13.6 Å². The molecule has 2 aromatic rings. The van der Waals surface area contributed by atoms with Gasteiger partial charge in [-0.2, -0.15) is 0 Å². The fourth-order valence-corrected chi connectivity index (χ4v) is 4.94. The van der Waals surface area contributed by atoms with Crippen molar-refractivity contribution in [3.8, 4) is 0 Å². The third-order valence-electron chi connectivity index (χ3n) is 6.10. The number of amides is 1. The summed E-state index contributed by atoms with van der Waals surface area (Å²) < 4.78 is 33.8. The number of carbonyl (C=O) groups excluding carboxylic acids is 1. The van der Waals surface area contributed by atoms with Gasteiger partial charge in [0.05, 0.1) is 6.04 Å². The average molecular weight is 370 g/mol. The predicted octanol–water partition coefficient (Wildman–Crippen LogP) is 3.68. The normalized spacial score (nSPS) is 30.8. The Hall–Kier alpha value is -2.47. The minimum atomic E-state index is -0.666. The Kier molecular flexibility index (Phi) is 3.41. The van der Waals surface area contributed by atoms with E-state index in [0.29, 0.717) is 32.2 Å². The molecule has 0 unspecified atom stereocenters. The van der Waals surface area contributed by atoms with Crippen LogP contribution in [-0.4, -0.2) is 28.7 Å². The highest BCUT2D eigenvalue weighted by Gasteiger charge is 2.69. The SMILES string of the molecule is NC12CC(OC(=O)N3CCc4ccccc4[C@@H]3c3ccc(F)cc3F)(C1)C2. The number of hydrogen-bond donors (Lipinski definition) is 1. The predicted molar refractivity (Wildman–Crippen MR) is 95.0 cm³/mol. The zero-order valence-corrected chi connectivity index (χ0v) is 14.8. The fraction of sp³-hybridized carbons (Fsp3) is 0.381. The van der Waals surface area contributed by atoms with Crippen LogP contribution in [0.2, 0.25) is 0 Å². The molecule has 4 aliphatic rings. The lowest BCUT2D eigenvalue weighted by atomic mass is 9.46. The number of hydrogen-bond acceptors (Lipinski definition) is 3. The van der Waals surface area contributed by atoms with Gasteiger partial charge in [0, 0.05) is 43.0 Å². The van der Waals surface area contributed by atoms with Crippen molar-refractivity contribution in [2.45, 2.75) is 42.9 Å². The van der Waals surface area contributed by atoms with Crippen molar-refractivity contribution in [3.05, 3.63) is 70.8 Å². The van der Waals surface area contributed by atoms with Gasteiger partial charge in [-0.05, 0) is 23.6 Å². The Balaban J connectivity index is 1.51. The molecule has 1 aliphatic heterocycles. The Bertz CT molecular complexity index is 926. The van der Waals surface area contributed by atoms with Gasteiger partial charge in [0.15, 0.2) is 0 Å². The smallest absolute Gasteiger partial charge is 0.411 e. The summed E-state index contributed by atoms with van der Waals surface area (Å²) in [7, 11) is 0. The van der Waals surface area contributed by atoms with Gasteiger partial charge in [-0.15, -0.1) is 0 Å². The summed E-state index contributed by atoms with van der Waals surface area (Å²) in [5, 5.41) is 0. The average Bonchev–Trinajstić information content (AvgIpc) is 2.59. The van der Waals surface area contributed by atoms with E-state index in [2.05, 4.69) is 0 Å². The number of carbonyl (C=O) groups is 1. The quantitative estimate of drug-likeness (QED) is 0.877. The van der Waals surface area contributed by atoms with E-state index < -0.39 is 29.4 Å². The van der Waals surface area contributed by atoms with Crippen molar-refractivity contribution in [2.75, 3.05) is 6.54 Å². The molecule has 0 aromatic heterocycles. The molecule has 3 saturated carbocycles. The van der Waals surface area contributed by atoms with Gasteiger partial charge < -0.3 is 10.5 Å². The van der Waals surface area contributed by atoms with Crippen LogP contribution >= 0.6 is 0 Å². The van der Waals surface area contributed by atoms with Crippen molar-refractivity contribution >= 4 is 6.09 Å². The molecule has 1 heterocycles. The topological polar surface area (TPSA) is 55.6 Å². The lowest BCUT2D eigenvalue weighted by Gasteiger charge is -2.67. The van der Waals surface area contributed by atoms with Gasteiger partial charge in [0.2, 0.25) is 0 Å². The van der Waals surface area contributed by atoms with E-state index in [-0.39, 0.29) is 11.1 Å². The van der Waals surface area contributed by atoms with Crippen LogP contribution in [0.1, 0.15) is 42.0 Å². The van der Waals surface area contributed by atoms with E-state index in [1.807, 2.05) is 24.3 Å². The minimum Gasteiger partial charge on any atom is -0.443 e. The molecular weight excluding hydrogens is 350 g/mol. The summed E-state index contributed by atoms with van der Waals surface area (Å²) >= 11 is 0. The van der Waals surface area contributed by atoms with E-state index in [0.717, 1.165) is 17.2 Å². The largest absolute Gasteiger partial charge is 0.443 e. The lowest BCUT2D eigenvalue weighted by Crippen LogP contribution is -2.78. The molecule has 27 heavy (non-hydrogen) atoms. The Morgan fingerprint density at radius 1 is 1.11 bits per heavy atom. The van der Waals surface area contributed by atoms with Crippen LogP contribution in [0.3, 0.4) is 0 Å². The molecule has 2 bridgehead atoms. The molecule has 1 atom stereocenters. The van der Waals surface area contributed by atoms with E-state index in [9.17, 15) is 13.6 Å². The number of fused-ring (bicyclic) bond motifs is 1. The monoisotopic (exact) mass is 370 g/mol. The number of halogens is 2. The third-order valence-corrected chi connectivity index (χ3v) is 6.10. The third kappa shape index (κ3) is 2.54. The van der Waals surface area contributed by atoms with Crippen molar-refractivity contribution in [1.29, 1.82) is 0 Å². The molecule has 6 rings (SSSR count). The maximum absolute atomic E-state index is 14.6. The maximum Gasteiger partial charge on any atom is 0.411 e. The van der Waals surface area contributed by atoms with Gasteiger partial charge in [-0.1, -0.05) is 30.3 Å². The van der Waals surface area contributed by atoms with Crippen LogP contribution in [0.15, 0.2) is 42.5 Å². The first-order chi connectivity index (χ1) is 12.9. The van der Waals surface area contributed by atoms with Crippen molar-refractivity contribution in [1.82, 2.24) is 4.90 Å². The second-order valence-corrected chi connectivity index (χ2v) is 8.15. The first kappa shape index (κ1) is 16.7. The number of benzene rings is 2. The maximum atomic E-state index is 14.6. The first-order valence-corrected chi connectivity index (χ1v) is 9.19. The zero-order valence-electron chi connectivity index (χ0n) is 14.8. The van der Waals surface area contributed by atoms with Crippen molar-refractivity contribution in [3.63, 3.8) is 0 Å². The van der Waals surface area contributed by atoms with Crippen LogP contribution in [0.25, 0.3) is 0 Å². The summed E-state index contributed by atoms with van der Waals surface area (Å²) in [5.41, 5.74) is 7.61. The van der Waals surface area contributed by atoms with E-state index >= 15 is 0 Å². The first-order valence-electron chi connectivity index (χ1n) is 9.19. The molecule has 0 spiro atoms. The highest BCUT2D eigenvalue weighted by atomic mass is 19.1. The summed E-state index contributed by atoms with van der Waals surface area (Å²) in [5.74, 6) is -1.31. The summed E-state index contributed by atoms with van der Waals surface area (Å²) in [6.07, 6.45) is 2.27. The Morgan fingerprint density at radius 2 is 1.85 bits per heavy atom. The summed E-state index contributed by atoms with van der Waals surface area (Å²) in [4.78, 5) is 14.5. The van der Waals surface area contributed by atoms with Gasteiger partial charge in [-0.3, -0.25) is 4.90 Å². The molecule has 2 aromatic carbocycles. The molecule has 0 saturated heterocycles. The van der Waals surface area contributed by atoms with E-state index in [1.165, 1.54) is 12.1 Å². The van der Waals surface area contributed by atoms with E-state index in [4.69, 9.17) is 10.5 Å². The standard InChI is InChI=1S/C21H20F2N2O2/c22-14-5-6-16(17(23)9-14)18-15-4-2-1-3-13(15)7-8-25(18)19(26)27-21-10-20(24,11-21)12-21/h1-6,9,18H,7-8,10-12,24H2/t18-,20?,21?/m1/s1. The second-order valence-electron chi connectivity index (χ2n) is 8.15. The molecule has 3 fully saturated rings. The molecule has 6 heteroatoms.